The molecule has 1 atom stereocenters. The first kappa shape index (κ1) is 26.9. The molecule has 188 valence electrons. The summed E-state index contributed by atoms with van der Waals surface area (Å²) in [5, 5.41) is 0. The molecule has 0 aromatic rings. The lowest BCUT2D eigenvalue weighted by molar-refractivity contribution is -0.474. The van der Waals surface area contributed by atoms with E-state index in [0.717, 1.165) is 0 Å². The summed E-state index contributed by atoms with van der Waals surface area (Å²) < 4.78 is 148. The van der Waals surface area contributed by atoms with Crippen molar-refractivity contribution in [3.05, 3.63) is 0 Å². The fourth-order valence-electron chi connectivity index (χ4n) is 4.14. The molecular formula is C18H22F11NO2. The van der Waals surface area contributed by atoms with Gasteiger partial charge in [0.15, 0.2) is 0 Å². The van der Waals surface area contributed by atoms with Gasteiger partial charge in [-0.05, 0) is 25.7 Å². The van der Waals surface area contributed by atoms with Gasteiger partial charge in [0.25, 0.3) is 5.91 Å². The maximum atomic E-state index is 14.9. The molecule has 14 heteroatoms. The maximum absolute atomic E-state index is 14.9. The van der Waals surface area contributed by atoms with E-state index in [2.05, 4.69) is 4.74 Å². The fourth-order valence-corrected chi connectivity index (χ4v) is 4.14. The third kappa shape index (κ3) is 5.09. The molecule has 0 heterocycles. The van der Waals surface area contributed by atoms with Crippen LogP contribution >= 0.6 is 0 Å². The van der Waals surface area contributed by atoms with Crippen LogP contribution in [0.25, 0.3) is 0 Å². The number of alkyl halides is 11. The molecule has 0 aromatic carbocycles. The van der Waals surface area contributed by atoms with Crippen LogP contribution in [0.2, 0.25) is 0 Å². The van der Waals surface area contributed by atoms with Gasteiger partial charge in [-0.25, -0.2) is 0 Å². The summed E-state index contributed by atoms with van der Waals surface area (Å²) >= 11 is 0. The molecule has 0 saturated heterocycles. The van der Waals surface area contributed by atoms with Crippen LogP contribution in [0, 0.1) is 0 Å². The van der Waals surface area contributed by atoms with Crippen molar-refractivity contribution in [3.8, 4) is 0 Å². The first-order valence-electron chi connectivity index (χ1n) is 10.1. The molecule has 0 aliphatic heterocycles. The van der Waals surface area contributed by atoms with Crippen molar-refractivity contribution >= 4 is 5.91 Å². The highest BCUT2D eigenvalue weighted by Crippen LogP contribution is 2.51. The Bertz CT molecular complexity index is 634. The Kier molecular flexibility index (Phi) is 7.68. The summed E-state index contributed by atoms with van der Waals surface area (Å²) in [6.07, 6.45) is -17.3. The molecular weight excluding hydrogens is 471 g/mol. The molecule has 1 unspecified atom stereocenters. The van der Waals surface area contributed by atoms with Gasteiger partial charge in [0.05, 0.1) is 0 Å². The topological polar surface area (TPSA) is 29.5 Å². The van der Waals surface area contributed by atoms with E-state index in [1.54, 1.807) is 0 Å². The second kappa shape index (κ2) is 9.13. The number of amides is 1. The summed E-state index contributed by atoms with van der Waals surface area (Å²) in [4.78, 5) is 13.1. The summed E-state index contributed by atoms with van der Waals surface area (Å²) in [5.41, 5.74) is 0. The minimum absolute atomic E-state index is 0.102. The van der Waals surface area contributed by atoms with Crippen LogP contribution in [-0.4, -0.2) is 53.1 Å². The second-order valence-corrected chi connectivity index (χ2v) is 8.08. The summed E-state index contributed by atoms with van der Waals surface area (Å²) in [7, 11) is 0. The number of ether oxygens (including phenoxy) is 1. The number of carbonyl (C=O) groups excluding carboxylic acids is 1. The molecule has 32 heavy (non-hydrogen) atoms. The van der Waals surface area contributed by atoms with E-state index in [-0.39, 0.29) is 25.7 Å². The fraction of sp³-hybridized carbons (Fsp3) is 0.944. The number of hydrogen-bond acceptors (Lipinski definition) is 2. The van der Waals surface area contributed by atoms with Gasteiger partial charge in [-0.1, -0.05) is 38.5 Å². The van der Waals surface area contributed by atoms with Crippen molar-refractivity contribution in [2.45, 2.75) is 107 Å². The lowest BCUT2D eigenvalue weighted by Crippen LogP contribution is -2.66. The van der Waals surface area contributed by atoms with Crippen molar-refractivity contribution in [2.75, 3.05) is 0 Å². The molecule has 0 bridgehead atoms. The predicted molar refractivity (Wildman–Crippen MR) is 87.5 cm³/mol. The first-order chi connectivity index (χ1) is 14.5. The van der Waals surface area contributed by atoms with Gasteiger partial charge in [-0.2, -0.15) is 48.3 Å². The number of nitrogens with zero attached hydrogens (tertiary/aromatic N) is 1. The van der Waals surface area contributed by atoms with Crippen molar-refractivity contribution in [3.63, 3.8) is 0 Å². The predicted octanol–water partition coefficient (Wildman–Crippen LogP) is 6.52. The van der Waals surface area contributed by atoms with Crippen LogP contribution in [0.4, 0.5) is 48.3 Å². The van der Waals surface area contributed by atoms with Crippen LogP contribution in [0.15, 0.2) is 0 Å². The Labute approximate surface area is 176 Å². The molecule has 2 fully saturated rings. The minimum atomic E-state index is -7.19. The molecule has 0 aromatic heterocycles. The highest BCUT2D eigenvalue weighted by molar-refractivity contribution is 5.85. The Morgan fingerprint density at radius 3 is 1.31 bits per heavy atom. The van der Waals surface area contributed by atoms with E-state index in [1.165, 1.54) is 0 Å². The summed E-state index contributed by atoms with van der Waals surface area (Å²) in [6.45, 7) is 0. The number of carbonyl (C=O) groups is 1. The van der Waals surface area contributed by atoms with Gasteiger partial charge in [0.2, 0.25) is 0 Å². The Morgan fingerprint density at radius 1 is 0.625 bits per heavy atom. The van der Waals surface area contributed by atoms with Crippen molar-refractivity contribution < 1.29 is 57.8 Å². The van der Waals surface area contributed by atoms with Crippen LogP contribution in [0.1, 0.15) is 64.2 Å². The van der Waals surface area contributed by atoms with Crippen molar-refractivity contribution in [1.29, 1.82) is 0 Å². The van der Waals surface area contributed by atoms with E-state index in [4.69, 9.17) is 0 Å². The zero-order valence-electron chi connectivity index (χ0n) is 16.6. The first-order valence-corrected chi connectivity index (χ1v) is 10.1. The largest absolute Gasteiger partial charge is 0.462 e. The number of halogens is 11. The Hall–Kier alpha value is -1.34. The molecule has 1 amide bonds. The molecule has 2 aliphatic carbocycles. The molecule has 2 rings (SSSR count). The molecule has 3 nitrogen and oxygen atoms in total. The smallest absolute Gasteiger partial charge is 0.331 e. The van der Waals surface area contributed by atoms with E-state index in [1.807, 2.05) is 0 Å². The lowest BCUT2D eigenvalue weighted by Gasteiger charge is -2.45. The zero-order chi connectivity index (χ0) is 24.6. The van der Waals surface area contributed by atoms with Crippen molar-refractivity contribution in [1.82, 2.24) is 4.90 Å². The number of rotatable bonds is 6. The second-order valence-electron chi connectivity index (χ2n) is 8.08. The standard InChI is InChI=1S/C18H22F11NO2/c19-14(16(22,23)24,32-18(28,29)15(20,21)17(25,26)27)13(31)30(11-7-3-1-4-8-11)12-9-5-2-6-10-12/h11-12H,1-10H2. The third-order valence-electron chi connectivity index (χ3n) is 5.80. The highest BCUT2D eigenvalue weighted by atomic mass is 19.4. The van der Waals surface area contributed by atoms with E-state index in [9.17, 15) is 53.1 Å². The lowest BCUT2D eigenvalue weighted by atomic mass is 9.88. The van der Waals surface area contributed by atoms with Gasteiger partial charge in [-0.3, -0.25) is 9.53 Å². The Balaban J connectivity index is 2.49. The van der Waals surface area contributed by atoms with Gasteiger partial charge in [0.1, 0.15) is 0 Å². The van der Waals surface area contributed by atoms with Crippen LogP contribution < -0.4 is 0 Å². The van der Waals surface area contributed by atoms with Gasteiger partial charge >= 0.3 is 30.2 Å². The summed E-state index contributed by atoms with van der Waals surface area (Å²) in [6, 6.07) is -2.03. The van der Waals surface area contributed by atoms with E-state index in [0.29, 0.717) is 43.4 Å². The van der Waals surface area contributed by atoms with E-state index >= 15 is 0 Å². The third-order valence-corrected chi connectivity index (χ3v) is 5.80. The summed E-state index contributed by atoms with van der Waals surface area (Å²) in [5.74, 6) is -16.0. The van der Waals surface area contributed by atoms with E-state index < -0.39 is 48.2 Å². The normalized spacial score (nSPS) is 22.5. The average molecular weight is 493 g/mol. The molecule has 2 saturated carbocycles. The van der Waals surface area contributed by atoms with Gasteiger partial charge < -0.3 is 4.90 Å². The van der Waals surface area contributed by atoms with Crippen LogP contribution in [-0.2, 0) is 9.53 Å². The maximum Gasteiger partial charge on any atom is 0.462 e. The highest BCUT2D eigenvalue weighted by Gasteiger charge is 2.80. The SMILES string of the molecule is O=C(N(C1CCCCC1)C1CCCCC1)C(F)(OC(F)(F)C(F)(F)C(F)(F)F)C(F)(F)F. The molecule has 2 aliphatic rings. The Morgan fingerprint density at radius 2 is 1.00 bits per heavy atom. The minimum Gasteiger partial charge on any atom is -0.331 e. The molecule has 0 spiro atoms. The molecule has 0 N–H and O–H groups in total. The quantitative estimate of drug-likeness (QED) is 0.395. The van der Waals surface area contributed by atoms with Gasteiger partial charge in [-0.15, -0.1) is 0 Å². The van der Waals surface area contributed by atoms with Crippen LogP contribution in [0.5, 0.6) is 0 Å². The zero-order valence-corrected chi connectivity index (χ0v) is 16.6. The molecule has 0 radical (unpaired) electrons. The van der Waals surface area contributed by atoms with Crippen molar-refractivity contribution in [2.24, 2.45) is 0 Å². The average Bonchev–Trinajstić information content (AvgIpc) is 2.67. The van der Waals surface area contributed by atoms with Crippen LogP contribution in [0.3, 0.4) is 0 Å². The van der Waals surface area contributed by atoms with Gasteiger partial charge in [0, 0.05) is 12.1 Å². The monoisotopic (exact) mass is 493 g/mol. The number of hydrogen-bond donors (Lipinski definition) is 0.